The largest absolute Gasteiger partial charge is 0.490 e. The summed E-state index contributed by atoms with van der Waals surface area (Å²) in [6, 6.07) is 20.2. The number of aryl methyl sites for hydroxylation is 3. The molecule has 2 aromatic heterocycles. The Hall–Kier alpha value is -3.39. The van der Waals surface area contributed by atoms with Gasteiger partial charge in [-0.1, -0.05) is 35.9 Å². The van der Waals surface area contributed by atoms with Gasteiger partial charge >= 0.3 is 0 Å². The molecule has 4 aromatic rings. The van der Waals surface area contributed by atoms with E-state index in [-0.39, 0.29) is 12.1 Å². The summed E-state index contributed by atoms with van der Waals surface area (Å²) in [4.78, 5) is 6.85. The van der Waals surface area contributed by atoms with Crippen molar-refractivity contribution in [3.63, 3.8) is 0 Å². The number of halogens is 1. The first-order valence-corrected chi connectivity index (χ1v) is 13.8. The molecule has 0 amide bonds. The predicted molar refractivity (Wildman–Crippen MR) is 161 cm³/mol. The fourth-order valence-corrected chi connectivity index (χ4v) is 6.11. The summed E-state index contributed by atoms with van der Waals surface area (Å²) in [5, 5.41) is 4.70. The van der Waals surface area contributed by atoms with Crippen LogP contribution >= 0.6 is 23.8 Å². The van der Waals surface area contributed by atoms with Gasteiger partial charge in [0.2, 0.25) is 0 Å². The standard InChI is InChI=1S/C31H33ClN4O2S/c1-19-9-8-10-20(2)29(19)35-21(3)17-24(22(35)4)30-28(26-11-6-7-14-33-26)34-31(39)36(30)23-12-13-27(25(32)18-23)38-16-15-37-5/h6-14,17-18,28,30H,15-16H2,1-5H3,(H,34,39)/t28-,30-/m1/s1. The number of thiocarbonyl (C=S) groups is 1. The molecule has 0 unspecified atom stereocenters. The molecular formula is C31H33ClN4O2S. The molecule has 3 heterocycles. The molecule has 2 atom stereocenters. The first-order valence-electron chi connectivity index (χ1n) is 13.0. The van der Waals surface area contributed by atoms with Gasteiger partial charge in [0.25, 0.3) is 0 Å². The van der Waals surface area contributed by atoms with Crippen molar-refractivity contribution in [3.05, 3.63) is 106 Å². The number of nitrogens with one attached hydrogen (secondary N) is 1. The fourth-order valence-electron chi connectivity index (χ4n) is 5.53. The van der Waals surface area contributed by atoms with Crippen LogP contribution in [0.3, 0.4) is 0 Å². The van der Waals surface area contributed by atoms with Gasteiger partial charge in [0.05, 0.1) is 35.1 Å². The summed E-state index contributed by atoms with van der Waals surface area (Å²) < 4.78 is 13.3. The number of hydrogen-bond acceptors (Lipinski definition) is 4. The number of para-hydroxylation sites is 1. The molecule has 6 nitrogen and oxygen atoms in total. The number of rotatable bonds is 8. The zero-order valence-electron chi connectivity index (χ0n) is 22.9. The number of methoxy groups -OCH3 is 1. The summed E-state index contributed by atoms with van der Waals surface area (Å²) in [5.41, 5.74) is 9.00. The predicted octanol–water partition coefficient (Wildman–Crippen LogP) is 6.96. The maximum atomic E-state index is 6.68. The van der Waals surface area contributed by atoms with Gasteiger partial charge in [0.1, 0.15) is 12.4 Å². The number of hydrogen-bond donors (Lipinski definition) is 1. The van der Waals surface area contributed by atoms with Gasteiger partial charge in [-0.2, -0.15) is 0 Å². The summed E-state index contributed by atoms with van der Waals surface area (Å²) in [7, 11) is 1.64. The molecule has 0 bridgehead atoms. The molecule has 2 aromatic carbocycles. The molecule has 0 aliphatic carbocycles. The molecule has 1 aliphatic rings. The Morgan fingerprint density at radius 1 is 0.974 bits per heavy atom. The van der Waals surface area contributed by atoms with Gasteiger partial charge in [-0.15, -0.1) is 0 Å². The first-order chi connectivity index (χ1) is 18.8. The molecule has 0 radical (unpaired) electrons. The lowest BCUT2D eigenvalue weighted by atomic mass is 9.96. The van der Waals surface area contributed by atoms with E-state index in [1.165, 1.54) is 22.4 Å². The number of pyridine rings is 1. The van der Waals surface area contributed by atoms with Gasteiger partial charge in [-0.3, -0.25) is 4.98 Å². The molecule has 1 saturated heterocycles. The zero-order valence-corrected chi connectivity index (χ0v) is 24.4. The van der Waals surface area contributed by atoms with Crippen LogP contribution in [0.5, 0.6) is 5.75 Å². The van der Waals surface area contributed by atoms with Crippen LogP contribution in [0.2, 0.25) is 5.02 Å². The van der Waals surface area contributed by atoms with E-state index in [4.69, 9.17) is 38.3 Å². The lowest BCUT2D eigenvalue weighted by Crippen LogP contribution is -2.29. The quantitative estimate of drug-likeness (QED) is 0.186. The molecule has 1 N–H and O–H groups in total. The fraction of sp³-hybridized carbons (Fsp3) is 0.290. The van der Waals surface area contributed by atoms with Crippen LogP contribution in [-0.4, -0.2) is 35.0 Å². The van der Waals surface area contributed by atoms with Crippen LogP contribution in [0.4, 0.5) is 5.69 Å². The van der Waals surface area contributed by atoms with Crippen LogP contribution in [0.25, 0.3) is 5.69 Å². The van der Waals surface area contributed by atoms with E-state index < -0.39 is 0 Å². The van der Waals surface area contributed by atoms with E-state index in [2.05, 4.69) is 66.7 Å². The third-order valence-corrected chi connectivity index (χ3v) is 7.90. The SMILES string of the molecule is COCCOc1ccc(N2C(=S)N[C@H](c3ccccn3)[C@H]2c2cc(C)n(-c3c(C)cccc3C)c2C)cc1Cl. The van der Waals surface area contributed by atoms with Gasteiger partial charge in [-0.05, 0) is 93.0 Å². The highest BCUT2D eigenvalue weighted by atomic mass is 35.5. The van der Waals surface area contributed by atoms with Crippen molar-refractivity contribution in [2.24, 2.45) is 0 Å². The molecular weight excluding hydrogens is 528 g/mol. The number of nitrogens with zero attached hydrogens (tertiary/aromatic N) is 3. The Morgan fingerprint density at radius 3 is 2.41 bits per heavy atom. The topological polar surface area (TPSA) is 51.6 Å². The maximum Gasteiger partial charge on any atom is 0.174 e. The number of benzene rings is 2. The van der Waals surface area contributed by atoms with Crippen molar-refractivity contribution in [2.75, 3.05) is 25.2 Å². The smallest absolute Gasteiger partial charge is 0.174 e. The van der Waals surface area contributed by atoms with Crippen molar-refractivity contribution >= 4 is 34.6 Å². The molecule has 0 spiro atoms. The summed E-state index contributed by atoms with van der Waals surface area (Å²) in [6.07, 6.45) is 1.82. The highest BCUT2D eigenvalue weighted by Gasteiger charge is 2.42. The molecule has 1 fully saturated rings. The average molecular weight is 561 g/mol. The minimum Gasteiger partial charge on any atom is -0.490 e. The van der Waals surface area contributed by atoms with Crippen LogP contribution in [0, 0.1) is 27.7 Å². The van der Waals surface area contributed by atoms with Crippen LogP contribution in [0.15, 0.2) is 66.9 Å². The molecule has 39 heavy (non-hydrogen) atoms. The first kappa shape index (κ1) is 27.2. The Labute approximate surface area is 240 Å². The lowest BCUT2D eigenvalue weighted by Gasteiger charge is -2.28. The van der Waals surface area contributed by atoms with E-state index >= 15 is 0 Å². The van der Waals surface area contributed by atoms with Crippen molar-refractivity contribution in [1.82, 2.24) is 14.9 Å². The van der Waals surface area contributed by atoms with Crippen molar-refractivity contribution < 1.29 is 9.47 Å². The van der Waals surface area contributed by atoms with Gasteiger partial charge in [-0.25, -0.2) is 0 Å². The summed E-state index contributed by atoms with van der Waals surface area (Å²) in [6.45, 7) is 9.58. The minimum atomic E-state index is -0.151. The molecule has 5 rings (SSSR count). The molecule has 1 aliphatic heterocycles. The maximum absolute atomic E-state index is 6.68. The zero-order chi connectivity index (χ0) is 27.7. The lowest BCUT2D eigenvalue weighted by molar-refractivity contribution is 0.146. The highest BCUT2D eigenvalue weighted by Crippen LogP contribution is 2.45. The Morgan fingerprint density at radius 2 is 1.74 bits per heavy atom. The Balaban J connectivity index is 1.63. The van der Waals surface area contributed by atoms with Crippen LogP contribution < -0.4 is 15.0 Å². The number of anilines is 1. The van der Waals surface area contributed by atoms with E-state index in [0.717, 1.165) is 22.8 Å². The van der Waals surface area contributed by atoms with Gasteiger partial charge in [0, 0.05) is 30.4 Å². The molecule has 0 saturated carbocycles. The minimum absolute atomic E-state index is 0.145. The van der Waals surface area contributed by atoms with Crippen LogP contribution in [-0.2, 0) is 4.74 Å². The normalized spacial score (nSPS) is 17.0. The van der Waals surface area contributed by atoms with E-state index in [1.807, 2.05) is 42.6 Å². The van der Waals surface area contributed by atoms with Gasteiger partial charge in [0.15, 0.2) is 5.11 Å². The third kappa shape index (κ3) is 5.14. The molecule has 202 valence electrons. The number of ether oxygens (including phenoxy) is 2. The second kappa shape index (κ2) is 11.4. The van der Waals surface area contributed by atoms with Crippen molar-refractivity contribution in [1.29, 1.82) is 0 Å². The van der Waals surface area contributed by atoms with Crippen molar-refractivity contribution in [2.45, 2.75) is 39.8 Å². The van der Waals surface area contributed by atoms with Crippen LogP contribution in [0.1, 0.15) is 45.9 Å². The Kier molecular flexibility index (Phi) is 7.93. The second-order valence-corrected chi connectivity index (χ2v) is 10.6. The second-order valence-electron chi connectivity index (χ2n) is 9.85. The van der Waals surface area contributed by atoms with Crippen molar-refractivity contribution in [3.8, 4) is 11.4 Å². The third-order valence-electron chi connectivity index (χ3n) is 7.29. The monoisotopic (exact) mass is 560 g/mol. The number of aromatic nitrogens is 2. The van der Waals surface area contributed by atoms with E-state index in [0.29, 0.717) is 29.1 Å². The molecule has 8 heteroatoms. The summed E-state index contributed by atoms with van der Waals surface area (Å²) in [5.74, 6) is 0.613. The summed E-state index contributed by atoms with van der Waals surface area (Å²) >= 11 is 12.6. The Bertz CT molecular complexity index is 1480. The van der Waals surface area contributed by atoms with E-state index in [9.17, 15) is 0 Å². The van der Waals surface area contributed by atoms with Gasteiger partial charge < -0.3 is 24.3 Å². The average Bonchev–Trinajstić information content (AvgIpc) is 3.41. The highest BCUT2D eigenvalue weighted by molar-refractivity contribution is 7.80. The van der Waals surface area contributed by atoms with E-state index in [1.54, 1.807) is 7.11 Å².